The second kappa shape index (κ2) is 6.22. The zero-order valence-electron chi connectivity index (χ0n) is 10.2. The molecule has 21 heavy (non-hydrogen) atoms. The van der Waals surface area contributed by atoms with Gasteiger partial charge in [0, 0.05) is 10.2 Å². The number of rotatable bonds is 3. The van der Waals surface area contributed by atoms with Gasteiger partial charge in [-0.1, -0.05) is 50.7 Å². The summed E-state index contributed by atoms with van der Waals surface area (Å²) in [6.45, 7) is 0. The minimum absolute atomic E-state index is 0.0688. The molecule has 0 bridgehead atoms. The largest absolute Gasteiger partial charge is 0.399 e. The number of anilines is 2. The fourth-order valence-corrected chi connectivity index (χ4v) is 4.70. The van der Waals surface area contributed by atoms with E-state index in [0.717, 1.165) is 4.47 Å². The lowest BCUT2D eigenvalue weighted by molar-refractivity contribution is 0.601. The van der Waals surface area contributed by atoms with Crippen LogP contribution in [0.1, 0.15) is 0 Å². The number of hydrogen-bond donors (Lipinski definition) is 2. The first kappa shape index (κ1) is 16.7. The zero-order valence-corrected chi connectivity index (χ0v) is 14.9. The Morgan fingerprint density at radius 3 is 2.10 bits per heavy atom. The first-order valence-corrected chi connectivity index (χ1v) is 8.84. The third kappa shape index (κ3) is 3.76. The Morgan fingerprint density at radius 2 is 1.57 bits per heavy atom. The molecule has 0 unspecified atom stereocenters. The van der Waals surface area contributed by atoms with Gasteiger partial charge in [0.25, 0.3) is 10.0 Å². The number of nitrogen functional groups attached to an aromatic ring is 1. The van der Waals surface area contributed by atoms with Crippen LogP contribution in [0.4, 0.5) is 11.4 Å². The van der Waals surface area contributed by atoms with Crippen LogP contribution in [0.3, 0.4) is 0 Å². The molecule has 9 heteroatoms. The molecular weight excluding hydrogens is 422 g/mol. The quantitative estimate of drug-likeness (QED) is 0.688. The monoisotopic (exact) mass is 428 g/mol. The van der Waals surface area contributed by atoms with Crippen molar-refractivity contribution >= 4 is 72.1 Å². The van der Waals surface area contributed by atoms with E-state index in [9.17, 15) is 8.42 Å². The Labute approximate surface area is 145 Å². The van der Waals surface area contributed by atoms with Crippen LogP contribution in [0.2, 0.25) is 15.1 Å². The predicted octanol–water partition coefficient (Wildman–Crippen LogP) is 4.79. The lowest BCUT2D eigenvalue weighted by Gasteiger charge is -2.13. The molecule has 3 N–H and O–H groups in total. The highest BCUT2D eigenvalue weighted by Crippen LogP contribution is 2.34. The van der Waals surface area contributed by atoms with Crippen LogP contribution >= 0.6 is 50.7 Å². The standard InChI is InChI=1S/C12H8BrCl3N2O2S/c13-6-1-2-11(8(14)3-6)18-21(19,20)12-9(15)4-7(17)5-10(12)16/h1-5,18H,17H2. The molecule has 4 nitrogen and oxygen atoms in total. The van der Waals surface area contributed by atoms with Crippen molar-refractivity contribution < 1.29 is 8.42 Å². The third-order valence-electron chi connectivity index (χ3n) is 2.46. The predicted molar refractivity (Wildman–Crippen MR) is 90.8 cm³/mol. The van der Waals surface area contributed by atoms with E-state index in [2.05, 4.69) is 20.7 Å². The van der Waals surface area contributed by atoms with Gasteiger partial charge < -0.3 is 5.73 Å². The van der Waals surface area contributed by atoms with E-state index in [4.69, 9.17) is 40.5 Å². The van der Waals surface area contributed by atoms with E-state index in [0.29, 0.717) is 0 Å². The summed E-state index contributed by atoms with van der Waals surface area (Å²) in [4.78, 5) is -0.251. The Kier molecular flexibility index (Phi) is 4.95. The molecule has 0 aliphatic carbocycles. The number of halogens is 4. The maximum absolute atomic E-state index is 12.4. The Hall–Kier alpha value is -0.660. The second-order valence-corrected chi connectivity index (χ2v) is 7.80. The Balaban J connectivity index is 2.48. The van der Waals surface area contributed by atoms with E-state index in [1.165, 1.54) is 18.2 Å². The lowest BCUT2D eigenvalue weighted by atomic mass is 10.3. The van der Waals surface area contributed by atoms with Gasteiger partial charge in [0.1, 0.15) is 4.90 Å². The van der Waals surface area contributed by atoms with Crippen LogP contribution in [0.15, 0.2) is 39.7 Å². The van der Waals surface area contributed by atoms with E-state index in [1.54, 1.807) is 12.1 Å². The highest BCUT2D eigenvalue weighted by molar-refractivity contribution is 9.10. The molecule has 2 aromatic rings. The van der Waals surface area contributed by atoms with Crippen molar-refractivity contribution in [1.29, 1.82) is 0 Å². The van der Waals surface area contributed by atoms with E-state index in [1.807, 2.05) is 0 Å². The molecule has 0 saturated heterocycles. The van der Waals surface area contributed by atoms with Gasteiger partial charge in [-0.25, -0.2) is 8.42 Å². The molecule has 112 valence electrons. The molecular formula is C12H8BrCl3N2O2S. The topological polar surface area (TPSA) is 72.2 Å². The molecule has 0 atom stereocenters. The molecule has 2 rings (SSSR count). The number of benzene rings is 2. The number of nitrogens with one attached hydrogen (secondary N) is 1. The third-order valence-corrected chi connectivity index (χ3v) is 5.56. The van der Waals surface area contributed by atoms with Crippen molar-refractivity contribution in [2.45, 2.75) is 4.90 Å². The molecule has 0 aromatic heterocycles. The summed E-state index contributed by atoms with van der Waals surface area (Å²) in [6.07, 6.45) is 0. The average molecular weight is 431 g/mol. The molecule has 0 heterocycles. The lowest BCUT2D eigenvalue weighted by Crippen LogP contribution is -2.14. The molecule has 0 spiro atoms. The van der Waals surface area contributed by atoms with Crippen molar-refractivity contribution in [3.63, 3.8) is 0 Å². The molecule has 2 aromatic carbocycles. The SMILES string of the molecule is Nc1cc(Cl)c(S(=O)(=O)Nc2ccc(Br)cc2Cl)c(Cl)c1. The summed E-state index contributed by atoms with van der Waals surface area (Å²) in [5, 5.41) is 0.0945. The summed E-state index contributed by atoms with van der Waals surface area (Å²) in [6, 6.07) is 7.35. The number of sulfonamides is 1. The van der Waals surface area contributed by atoms with Gasteiger partial charge in [-0.3, -0.25) is 4.72 Å². The second-order valence-electron chi connectivity index (χ2n) is 4.04. The number of hydrogen-bond acceptors (Lipinski definition) is 3. The van der Waals surface area contributed by atoms with Crippen molar-refractivity contribution in [3.05, 3.63) is 49.9 Å². The zero-order chi connectivity index (χ0) is 15.8. The van der Waals surface area contributed by atoms with Crippen LogP contribution in [0, 0.1) is 0 Å². The molecule has 0 saturated carbocycles. The van der Waals surface area contributed by atoms with Gasteiger partial charge in [0.2, 0.25) is 0 Å². The van der Waals surface area contributed by atoms with Gasteiger partial charge in [0.05, 0.1) is 20.8 Å². The summed E-state index contributed by atoms with van der Waals surface area (Å²) in [5.74, 6) is 0. The van der Waals surface area contributed by atoms with E-state index in [-0.39, 0.29) is 31.3 Å². The smallest absolute Gasteiger partial charge is 0.264 e. The average Bonchev–Trinajstić information content (AvgIpc) is 2.30. The van der Waals surface area contributed by atoms with E-state index >= 15 is 0 Å². The Morgan fingerprint density at radius 1 is 1.00 bits per heavy atom. The fraction of sp³-hybridized carbons (Fsp3) is 0. The molecule has 0 aliphatic heterocycles. The fourth-order valence-electron chi connectivity index (χ4n) is 1.60. The molecule has 0 aliphatic rings. The van der Waals surface area contributed by atoms with Crippen LogP contribution in [-0.2, 0) is 10.0 Å². The minimum atomic E-state index is -4.00. The van der Waals surface area contributed by atoms with Gasteiger partial charge in [-0.2, -0.15) is 0 Å². The molecule has 0 radical (unpaired) electrons. The maximum atomic E-state index is 12.4. The van der Waals surface area contributed by atoms with Gasteiger partial charge in [0.15, 0.2) is 0 Å². The highest BCUT2D eigenvalue weighted by atomic mass is 79.9. The van der Waals surface area contributed by atoms with Gasteiger partial charge >= 0.3 is 0 Å². The van der Waals surface area contributed by atoms with Crippen molar-refractivity contribution in [2.75, 3.05) is 10.5 Å². The summed E-state index contributed by atoms with van der Waals surface area (Å²) >= 11 is 21.1. The summed E-state index contributed by atoms with van der Waals surface area (Å²) in [7, 11) is -4.00. The van der Waals surface area contributed by atoms with Crippen molar-refractivity contribution in [3.8, 4) is 0 Å². The summed E-state index contributed by atoms with van der Waals surface area (Å²) in [5.41, 5.74) is 6.04. The first-order valence-electron chi connectivity index (χ1n) is 5.43. The van der Waals surface area contributed by atoms with Crippen LogP contribution in [-0.4, -0.2) is 8.42 Å². The van der Waals surface area contributed by atoms with Gasteiger partial charge in [-0.05, 0) is 30.3 Å². The first-order chi connectivity index (χ1) is 9.70. The molecule has 0 fully saturated rings. The van der Waals surface area contributed by atoms with E-state index < -0.39 is 10.0 Å². The van der Waals surface area contributed by atoms with Crippen LogP contribution < -0.4 is 10.5 Å². The summed E-state index contributed by atoms with van der Waals surface area (Å²) < 4.78 is 27.9. The maximum Gasteiger partial charge on any atom is 0.264 e. The highest BCUT2D eigenvalue weighted by Gasteiger charge is 2.23. The van der Waals surface area contributed by atoms with Crippen molar-refractivity contribution in [2.24, 2.45) is 0 Å². The van der Waals surface area contributed by atoms with Crippen molar-refractivity contribution in [1.82, 2.24) is 0 Å². The minimum Gasteiger partial charge on any atom is -0.399 e. The van der Waals surface area contributed by atoms with Gasteiger partial charge in [-0.15, -0.1) is 0 Å². The number of nitrogens with two attached hydrogens (primary N) is 1. The normalized spacial score (nSPS) is 11.4. The Bertz CT molecular complexity index is 789. The van der Waals surface area contributed by atoms with Crippen LogP contribution in [0.5, 0.6) is 0 Å². The van der Waals surface area contributed by atoms with Crippen LogP contribution in [0.25, 0.3) is 0 Å². The molecule has 0 amide bonds.